The van der Waals surface area contributed by atoms with Gasteiger partial charge in [0.2, 0.25) is 0 Å². The Balaban J connectivity index is 0.00000256. The van der Waals surface area contributed by atoms with Crippen LogP contribution in [0.4, 0.5) is 0 Å². The Kier molecular flexibility index (Phi) is 4.93. The van der Waals surface area contributed by atoms with Crippen molar-refractivity contribution in [2.75, 3.05) is 0 Å². The molecule has 0 atom stereocenters. The third-order valence-electron chi connectivity index (χ3n) is 6.32. The maximum atomic E-state index is 4.75. The van der Waals surface area contributed by atoms with Crippen molar-refractivity contribution in [1.29, 1.82) is 0 Å². The van der Waals surface area contributed by atoms with Crippen LogP contribution in [0.15, 0.2) is 55.5 Å². The second-order valence-electron chi connectivity index (χ2n) is 8.64. The van der Waals surface area contributed by atoms with Gasteiger partial charge in [0.1, 0.15) is 57.1 Å². The van der Waals surface area contributed by atoms with E-state index in [1.54, 1.807) is 49.4 Å². The van der Waals surface area contributed by atoms with Crippen LogP contribution in [0.2, 0.25) is 0 Å². The van der Waals surface area contributed by atoms with Crippen molar-refractivity contribution in [3.05, 3.63) is 55.5 Å². The molecule has 0 aliphatic carbocycles. The Morgan fingerprint density at radius 3 is 1.29 bits per heavy atom. The zero-order chi connectivity index (χ0) is 26.2. The van der Waals surface area contributed by atoms with Crippen LogP contribution in [0.5, 0.6) is 0 Å². The van der Waals surface area contributed by atoms with Crippen LogP contribution in [0.3, 0.4) is 0 Å². The maximum Gasteiger partial charge on any atom is 2.00 e. The zero-order valence-electron chi connectivity index (χ0n) is 20.6. The van der Waals surface area contributed by atoms with Crippen molar-refractivity contribution in [1.82, 2.24) is 74.8 Å². The summed E-state index contributed by atoms with van der Waals surface area (Å²) in [5.74, 6) is 1.11. The van der Waals surface area contributed by atoms with Crippen molar-refractivity contribution in [2.45, 2.75) is 0 Å². The van der Waals surface area contributed by atoms with Crippen molar-refractivity contribution in [2.24, 2.45) is 0 Å². The molecular weight excluding hydrogens is 576 g/mol. The maximum absolute atomic E-state index is 4.75. The molecule has 0 N–H and O–H groups in total. The minimum Gasteiger partial charge on any atom is -0.356 e. The number of nitrogens with zero attached hydrogens (tertiary/aromatic N) is 15. The molecule has 0 saturated heterocycles. The van der Waals surface area contributed by atoms with Gasteiger partial charge in [0.15, 0.2) is 0 Å². The minimum atomic E-state index is 0. The minimum absolute atomic E-state index is 0. The van der Waals surface area contributed by atoms with Crippen molar-refractivity contribution in [3.8, 4) is 46.1 Å². The average Bonchev–Trinajstić information content (AvgIpc) is 3.73. The SMILES string of the molecule is [Zn+2].c1cnc2c3nc4nc(nc5[n-]c(nc6nc(nc([n-]3)c2c1)-c1nccnc1-6)c1nccnc51)-c1nccnc1-4. The standard InChI is InChI=1S/C25H9N15.Zn/c1-2-10-11(26-3-1)19-33-18(10)34-20-12-13(28-5-4-27-12)22(36-20)38-24-16-17(32-9-8-31-16)25(40-24)39-23-15-14(21(35-19)37-23)29-6-7-30-15;/h1-9H;/q-2;+2. The Labute approximate surface area is 240 Å². The molecule has 0 fully saturated rings. The number of pyridine rings is 1. The molecule has 0 saturated carbocycles. The van der Waals surface area contributed by atoms with Gasteiger partial charge < -0.3 is 29.9 Å². The van der Waals surface area contributed by atoms with E-state index in [-0.39, 0.29) is 48.2 Å². The number of aromatic nitrogens is 15. The first-order chi connectivity index (χ1) is 19.8. The van der Waals surface area contributed by atoms with E-state index in [1.807, 2.05) is 6.07 Å². The average molecular weight is 585 g/mol. The summed E-state index contributed by atoms with van der Waals surface area (Å²) in [7, 11) is 0. The van der Waals surface area contributed by atoms with Gasteiger partial charge in [-0.15, -0.1) is 0 Å². The van der Waals surface area contributed by atoms with Crippen LogP contribution >= 0.6 is 0 Å². The second-order valence-corrected chi connectivity index (χ2v) is 8.64. The summed E-state index contributed by atoms with van der Waals surface area (Å²) in [6.45, 7) is 0. The normalized spacial score (nSPS) is 11.7. The Morgan fingerprint density at radius 1 is 0.390 bits per heavy atom. The number of fused-ring (bicyclic) bond motifs is 20. The molecule has 8 bridgehead atoms. The first-order valence-corrected chi connectivity index (χ1v) is 11.9. The molecule has 9 rings (SSSR count). The molecule has 0 unspecified atom stereocenters. The van der Waals surface area contributed by atoms with Gasteiger partial charge in [-0.1, -0.05) is 6.07 Å². The molecule has 0 spiro atoms. The molecular formula is C25H9N15Zn. The summed E-state index contributed by atoms with van der Waals surface area (Å²) in [6.07, 6.45) is 11.0. The van der Waals surface area contributed by atoms with Gasteiger partial charge in [-0.2, -0.15) is 0 Å². The third-order valence-corrected chi connectivity index (χ3v) is 6.32. The third kappa shape index (κ3) is 3.44. The number of hydrogen-bond acceptors (Lipinski definition) is 13. The topological polar surface area (TPSA) is 196 Å². The van der Waals surface area contributed by atoms with Gasteiger partial charge in [-0.05, 0) is 6.07 Å². The largest absolute Gasteiger partial charge is 2.00 e. The Bertz CT molecular complexity index is 2040. The van der Waals surface area contributed by atoms with Gasteiger partial charge >= 0.3 is 19.5 Å². The Morgan fingerprint density at radius 2 is 0.780 bits per heavy atom. The molecule has 7 aromatic rings. The van der Waals surface area contributed by atoms with Gasteiger partial charge in [0.05, 0.1) is 5.52 Å². The summed E-state index contributed by atoms with van der Waals surface area (Å²) in [4.78, 5) is 68.8. The summed E-state index contributed by atoms with van der Waals surface area (Å²) in [6, 6.07) is 3.66. The van der Waals surface area contributed by atoms with Crippen LogP contribution in [0.25, 0.3) is 90.6 Å². The van der Waals surface area contributed by atoms with E-state index in [4.69, 9.17) is 24.9 Å². The molecule has 186 valence electrons. The summed E-state index contributed by atoms with van der Waals surface area (Å²) >= 11 is 0. The van der Waals surface area contributed by atoms with E-state index in [0.717, 1.165) is 0 Å². The Hall–Kier alpha value is -5.63. The van der Waals surface area contributed by atoms with Crippen LogP contribution in [0.1, 0.15) is 0 Å². The van der Waals surface area contributed by atoms with Gasteiger partial charge in [0, 0.05) is 71.4 Å². The summed E-state index contributed by atoms with van der Waals surface area (Å²) < 4.78 is 0. The van der Waals surface area contributed by atoms with E-state index in [0.29, 0.717) is 61.8 Å². The first-order valence-electron chi connectivity index (χ1n) is 11.9. The number of hydrogen-bond donors (Lipinski definition) is 0. The quantitative estimate of drug-likeness (QED) is 0.234. The summed E-state index contributed by atoms with van der Waals surface area (Å²) in [5.41, 5.74) is 4.43. The van der Waals surface area contributed by atoms with Crippen molar-refractivity contribution < 1.29 is 19.5 Å². The number of rotatable bonds is 0. The van der Waals surface area contributed by atoms with E-state index >= 15 is 0 Å². The molecule has 0 radical (unpaired) electrons. The van der Waals surface area contributed by atoms with Gasteiger partial charge in [-0.3, -0.25) is 34.9 Å². The van der Waals surface area contributed by atoms with Gasteiger partial charge in [0.25, 0.3) is 0 Å². The van der Waals surface area contributed by atoms with Gasteiger partial charge in [-0.25, -0.2) is 9.97 Å². The molecule has 16 heteroatoms. The second kappa shape index (κ2) is 8.69. The molecule has 2 aliphatic rings. The molecule has 0 amide bonds. The predicted octanol–water partition coefficient (Wildman–Crippen LogP) is 1.89. The van der Waals surface area contributed by atoms with Crippen LogP contribution in [-0.4, -0.2) is 64.8 Å². The molecule has 7 aromatic heterocycles. The zero-order valence-corrected chi connectivity index (χ0v) is 23.6. The fourth-order valence-corrected chi connectivity index (χ4v) is 4.62. The van der Waals surface area contributed by atoms with Crippen LogP contribution in [0, 0.1) is 0 Å². The molecule has 41 heavy (non-hydrogen) atoms. The van der Waals surface area contributed by atoms with Crippen LogP contribution < -0.4 is 9.97 Å². The predicted molar refractivity (Wildman–Crippen MR) is 139 cm³/mol. The fraction of sp³-hybridized carbons (Fsp3) is 0. The monoisotopic (exact) mass is 583 g/mol. The molecule has 9 heterocycles. The van der Waals surface area contributed by atoms with E-state index in [9.17, 15) is 0 Å². The fourth-order valence-electron chi connectivity index (χ4n) is 4.62. The molecule has 15 nitrogen and oxygen atoms in total. The first kappa shape index (κ1) is 23.3. The molecule has 2 aliphatic heterocycles. The van der Waals surface area contributed by atoms with Crippen molar-refractivity contribution in [3.63, 3.8) is 0 Å². The smallest absolute Gasteiger partial charge is 0.356 e. The summed E-state index contributed by atoms with van der Waals surface area (Å²) in [5, 5.41) is 0.680. The van der Waals surface area contributed by atoms with E-state index < -0.39 is 0 Å². The molecule has 0 aromatic carbocycles. The van der Waals surface area contributed by atoms with Crippen LogP contribution in [-0.2, 0) is 19.5 Å². The van der Waals surface area contributed by atoms with E-state index in [2.05, 4.69) is 49.8 Å². The van der Waals surface area contributed by atoms with E-state index in [1.165, 1.54) is 0 Å². The van der Waals surface area contributed by atoms with Crippen molar-refractivity contribution >= 4 is 44.5 Å².